The molecule has 1 fully saturated rings. The van der Waals surface area contributed by atoms with Crippen LogP contribution in [-0.4, -0.2) is 21.7 Å². The number of nitrogens with one attached hydrogen (secondary N) is 1. The molecule has 1 heterocycles. The van der Waals surface area contributed by atoms with Gasteiger partial charge in [-0.25, -0.2) is 0 Å². The summed E-state index contributed by atoms with van der Waals surface area (Å²) in [5.41, 5.74) is 1.40. The molecule has 72 valence electrons. The first-order chi connectivity index (χ1) is 6.40. The highest BCUT2D eigenvalue weighted by Gasteiger charge is 2.22. The van der Waals surface area contributed by atoms with Crippen molar-refractivity contribution >= 4 is 11.8 Å². The molecule has 13 heavy (non-hydrogen) atoms. The van der Waals surface area contributed by atoms with E-state index in [-0.39, 0.29) is 0 Å². The number of hydrogen-bond donors (Lipinski definition) is 1. The van der Waals surface area contributed by atoms with Gasteiger partial charge in [-0.3, -0.25) is 5.10 Å². The zero-order valence-corrected chi connectivity index (χ0v) is 8.81. The number of thioether (sulfide) groups is 1. The molecule has 0 amide bonds. The fourth-order valence-electron chi connectivity index (χ4n) is 2.15. The molecule has 2 atom stereocenters. The van der Waals surface area contributed by atoms with Crippen molar-refractivity contribution in [2.45, 2.75) is 36.9 Å². The Bertz CT molecular complexity index is 245. The van der Waals surface area contributed by atoms with E-state index in [1.807, 2.05) is 24.2 Å². The molecule has 0 unspecified atom stereocenters. The van der Waals surface area contributed by atoms with Gasteiger partial charge in [0.1, 0.15) is 0 Å². The fourth-order valence-corrected chi connectivity index (χ4v) is 2.97. The van der Waals surface area contributed by atoms with Crippen molar-refractivity contribution in [1.29, 1.82) is 0 Å². The second kappa shape index (κ2) is 4.18. The first-order valence-corrected chi connectivity index (χ1v) is 6.20. The molecule has 0 aliphatic heterocycles. The Balaban J connectivity index is 2.00. The van der Waals surface area contributed by atoms with E-state index >= 15 is 0 Å². The first-order valence-electron chi connectivity index (χ1n) is 4.91. The van der Waals surface area contributed by atoms with Crippen LogP contribution in [0, 0.1) is 0 Å². The van der Waals surface area contributed by atoms with Gasteiger partial charge < -0.3 is 0 Å². The normalized spacial score (nSPS) is 29.0. The number of nitrogens with zero attached hydrogens (tertiary/aromatic N) is 1. The zero-order valence-electron chi connectivity index (χ0n) is 7.99. The van der Waals surface area contributed by atoms with Crippen LogP contribution in [0.15, 0.2) is 12.4 Å². The summed E-state index contributed by atoms with van der Waals surface area (Å²) in [4.78, 5) is 0. The lowest BCUT2D eigenvalue weighted by Gasteiger charge is -2.27. The third kappa shape index (κ3) is 2.08. The van der Waals surface area contributed by atoms with Crippen LogP contribution in [0.2, 0.25) is 0 Å². The molecular weight excluding hydrogens is 180 g/mol. The molecule has 1 aromatic rings. The van der Waals surface area contributed by atoms with Gasteiger partial charge in [0, 0.05) is 11.4 Å². The first kappa shape index (κ1) is 9.13. The van der Waals surface area contributed by atoms with Gasteiger partial charge in [0.2, 0.25) is 0 Å². The summed E-state index contributed by atoms with van der Waals surface area (Å²) in [6.07, 6.45) is 11.7. The standard InChI is InChI=1S/C10H16N2S/c1-13-10-4-2-3-8(5-10)9-6-11-12-7-9/h6-8,10H,2-5H2,1H3,(H,11,12)/t8-,10+/m0/s1. The highest BCUT2D eigenvalue weighted by Crippen LogP contribution is 2.36. The van der Waals surface area contributed by atoms with Crippen LogP contribution in [-0.2, 0) is 0 Å². The monoisotopic (exact) mass is 196 g/mol. The number of rotatable bonds is 2. The Labute approximate surface area is 83.5 Å². The topological polar surface area (TPSA) is 28.7 Å². The van der Waals surface area contributed by atoms with Crippen LogP contribution in [0.3, 0.4) is 0 Å². The average Bonchev–Trinajstić information content (AvgIpc) is 2.71. The smallest absolute Gasteiger partial charge is 0.0522 e. The predicted octanol–water partition coefficient (Wildman–Crippen LogP) is 2.80. The van der Waals surface area contributed by atoms with E-state index in [0.717, 1.165) is 11.2 Å². The van der Waals surface area contributed by atoms with Gasteiger partial charge in [-0.15, -0.1) is 0 Å². The minimum absolute atomic E-state index is 0.755. The Morgan fingerprint density at radius 2 is 2.46 bits per heavy atom. The lowest BCUT2D eigenvalue weighted by atomic mass is 9.85. The second-order valence-electron chi connectivity index (χ2n) is 3.75. The van der Waals surface area contributed by atoms with Crippen molar-refractivity contribution in [3.05, 3.63) is 18.0 Å². The van der Waals surface area contributed by atoms with Crippen LogP contribution in [0.1, 0.15) is 37.2 Å². The number of aromatic nitrogens is 2. The number of hydrogen-bond acceptors (Lipinski definition) is 2. The number of aromatic amines is 1. The zero-order chi connectivity index (χ0) is 9.10. The molecule has 1 aliphatic carbocycles. The quantitative estimate of drug-likeness (QED) is 0.788. The Morgan fingerprint density at radius 1 is 1.54 bits per heavy atom. The van der Waals surface area contributed by atoms with E-state index in [0.29, 0.717) is 0 Å². The molecule has 0 aromatic carbocycles. The van der Waals surface area contributed by atoms with Crippen molar-refractivity contribution in [2.24, 2.45) is 0 Å². The maximum atomic E-state index is 4.02. The number of H-pyrrole nitrogens is 1. The van der Waals surface area contributed by atoms with E-state index in [2.05, 4.69) is 16.5 Å². The van der Waals surface area contributed by atoms with Crippen LogP contribution in [0.5, 0.6) is 0 Å². The summed E-state index contributed by atoms with van der Waals surface area (Å²) >= 11 is 2.02. The molecule has 1 N–H and O–H groups in total. The van der Waals surface area contributed by atoms with Gasteiger partial charge in [0.15, 0.2) is 0 Å². The van der Waals surface area contributed by atoms with Gasteiger partial charge in [-0.05, 0) is 37.0 Å². The summed E-state index contributed by atoms with van der Waals surface area (Å²) in [6, 6.07) is 0. The van der Waals surface area contributed by atoms with E-state index in [1.54, 1.807) is 0 Å². The van der Waals surface area contributed by atoms with Gasteiger partial charge in [-0.2, -0.15) is 16.9 Å². The Hall–Kier alpha value is -0.440. The molecule has 0 spiro atoms. The van der Waals surface area contributed by atoms with E-state index in [4.69, 9.17) is 0 Å². The summed E-state index contributed by atoms with van der Waals surface area (Å²) in [5, 5.41) is 7.79. The van der Waals surface area contributed by atoms with Crippen molar-refractivity contribution in [1.82, 2.24) is 10.2 Å². The molecule has 3 heteroatoms. The molecule has 0 saturated heterocycles. The lowest BCUT2D eigenvalue weighted by Crippen LogP contribution is -2.15. The Morgan fingerprint density at radius 3 is 3.15 bits per heavy atom. The molecular formula is C10H16N2S. The van der Waals surface area contributed by atoms with Gasteiger partial charge in [0.25, 0.3) is 0 Å². The molecule has 1 aromatic heterocycles. The van der Waals surface area contributed by atoms with Crippen LogP contribution in [0.25, 0.3) is 0 Å². The van der Waals surface area contributed by atoms with Crippen molar-refractivity contribution in [3.8, 4) is 0 Å². The minimum atomic E-state index is 0.755. The summed E-state index contributed by atoms with van der Waals surface area (Å²) in [5.74, 6) is 0.755. The molecule has 2 nitrogen and oxygen atoms in total. The van der Waals surface area contributed by atoms with Gasteiger partial charge >= 0.3 is 0 Å². The maximum Gasteiger partial charge on any atom is 0.0522 e. The molecule has 1 saturated carbocycles. The highest BCUT2D eigenvalue weighted by molar-refractivity contribution is 7.99. The minimum Gasteiger partial charge on any atom is -0.285 e. The van der Waals surface area contributed by atoms with Crippen molar-refractivity contribution < 1.29 is 0 Å². The summed E-state index contributed by atoms with van der Waals surface area (Å²) in [6.45, 7) is 0. The molecule has 2 rings (SSSR count). The third-order valence-electron chi connectivity index (χ3n) is 2.95. The van der Waals surface area contributed by atoms with E-state index in [9.17, 15) is 0 Å². The van der Waals surface area contributed by atoms with Gasteiger partial charge in [-0.1, -0.05) is 6.42 Å². The van der Waals surface area contributed by atoms with Crippen LogP contribution >= 0.6 is 11.8 Å². The van der Waals surface area contributed by atoms with Crippen LogP contribution in [0.4, 0.5) is 0 Å². The largest absolute Gasteiger partial charge is 0.285 e. The van der Waals surface area contributed by atoms with Crippen molar-refractivity contribution in [2.75, 3.05) is 6.26 Å². The fraction of sp³-hybridized carbons (Fsp3) is 0.700. The lowest BCUT2D eigenvalue weighted by molar-refractivity contribution is 0.454. The van der Waals surface area contributed by atoms with E-state index in [1.165, 1.54) is 31.2 Å². The second-order valence-corrected chi connectivity index (χ2v) is 4.89. The summed E-state index contributed by atoms with van der Waals surface area (Å²) in [7, 11) is 0. The SMILES string of the molecule is CS[C@@H]1CCC[C@H](c2cn[nH]c2)C1. The van der Waals surface area contributed by atoms with Gasteiger partial charge in [0.05, 0.1) is 6.20 Å². The third-order valence-corrected chi connectivity index (χ3v) is 4.05. The van der Waals surface area contributed by atoms with Crippen LogP contribution < -0.4 is 0 Å². The summed E-state index contributed by atoms with van der Waals surface area (Å²) < 4.78 is 0. The Kier molecular flexibility index (Phi) is 2.94. The predicted molar refractivity (Wildman–Crippen MR) is 57.1 cm³/mol. The molecule has 1 aliphatic rings. The van der Waals surface area contributed by atoms with Crippen molar-refractivity contribution in [3.63, 3.8) is 0 Å². The maximum absolute atomic E-state index is 4.02. The molecule has 0 radical (unpaired) electrons. The van der Waals surface area contributed by atoms with E-state index < -0.39 is 0 Å². The molecule has 0 bridgehead atoms. The average molecular weight is 196 g/mol. The highest BCUT2D eigenvalue weighted by atomic mass is 32.2.